The molecule has 9 aromatic carbocycles. The van der Waals surface area contributed by atoms with E-state index in [1.807, 2.05) is 11.3 Å². The number of hydrogen-bond acceptors (Lipinski definition) is 2. The second-order valence-electron chi connectivity index (χ2n) is 12.9. The van der Waals surface area contributed by atoms with Crippen LogP contribution in [0.1, 0.15) is 0 Å². The second kappa shape index (κ2) is 11.7. The van der Waals surface area contributed by atoms with Gasteiger partial charge in [-0.2, -0.15) is 0 Å². The fourth-order valence-corrected chi connectivity index (χ4v) is 8.85. The minimum absolute atomic E-state index is 1.12. The van der Waals surface area contributed by atoms with Crippen LogP contribution in [-0.2, 0) is 0 Å². The van der Waals surface area contributed by atoms with Crippen LogP contribution in [0.3, 0.4) is 0 Å². The first-order chi connectivity index (χ1) is 24.8. The highest BCUT2D eigenvalue weighted by Gasteiger charge is 2.20. The van der Waals surface area contributed by atoms with Crippen LogP contribution in [0.4, 0.5) is 17.1 Å². The molecule has 1 nitrogen and oxygen atoms in total. The third-order valence-corrected chi connectivity index (χ3v) is 11.2. The first kappa shape index (κ1) is 28.8. The van der Waals surface area contributed by atoms with Crippen molar-refractivity contribution < 1.29 is 0 Å². The Bertz CT molecular complexity index is 2870. The molecule has 0 amide bonds. The Morgan fingerprint density at radius 2 is 0.980 bits per heavy atom. The minimum Gasteiger partial charge on any atom is -0.310 e. The normalized spacial score (nSPS) is 11.6. The molecule has 10 aromatic rings. The zero-order valence-electron chi connectivity index (χ0n) is 27.3. The van der Waals surface area contributed by atoms with Gasteiger partial charge < -0.3 is 4.90 Å². The van der Waals surface area contributed by atoms with E-state index in [1.165, 1.54) is 74.7 Å². The summed E-state index contributed by atoms with van der Waals surface area (Å²) in [7, 11) is 0. The summed E-state index contributed by atoms with van der Waals surface area (Å²) in [5.41, 5.74) is 8.28. The summed E-state index contributed by atoms with van der Waals surface area (Å²) in [6.07, 6.45) is 0. The van der Waals surface area contributed by atoms with Crippen molar-refractivity contribution in [2.24, 2.45) is 0 Å². The Morgan fingerprint density at radius 3 is 1.84 bits per heavy atom. The van der Waals surface area contributed by atoms with Crippen molar-refractivity contribution >= 4 is 80.9 Å². The summed E-state index contributed by atoms with van der Waals surface area (Å²) in [6.45, 7) is 0. The number of hydrogen-bond donors (Lipinski definition) is 0. The van der Waals surface area contributed by atoms with Crippen LogP contribution < -0.4 is 4.90 Å². The lowest BCUT2D eigenvalue weighted by Crippen LogP contribution is -2.11. The summed E-state index contributed by atoms with van der Waals surface area (Å²) < 4.78 is 2.64. The summed E-state index contributed by atoms with van der Waals surface area (Å²) in [5.74, 6) is 0. The maximum atomic E-state index is 2.45. The molecule has 0 radical (unpaired) electrons. The topological polar surface area (TPSA) is 3.24 Å². The smallest absolute Gasteiger partial charge is 0.0546 e. The van der Waals surface area contributed by atoms with Gasteiger partial charge in [0.2, 0.25) is 0 Å². The molecule has 0 bridgehead atoms. The van der Waals surface area contributed by atoms with Gasteiger partial charge in [-0.3, -0.25) is 0 Å². The fourth-order valence-electron chi connectivity index (χ4n) is 7.72. The van der Waals surface area contributed by atoms with E-state index in [0.717, 1.165) is 17.1 Å². The van der Waals surface area contributed by atoms with Crippen LogP contribution in [0, 0.1) is 0 Å². The maximum Gasteiger partial charge on any atom is 0.0546 e. The monoisotopic (exact) mass is 653 g/mol. The molecule has 0 saturated heterocycles. The van der Waals surface area contributed by atoms with E-state index in [1.54, 1.807) is 0 Å². The largest absolute Gasteiger partial charge is 0.310 e. The highest BCUT2D eigenvalue weighted by atomic mass is 32.1. The second-order valence-corrected chi connectivity index (χ2v) is 14.0. The van der Waals surface area contributed by atoms with Crippen molar-refractivity contribution in [3.8, 4) is 22.3 Å². The van der Waals surface area contributed by atoms with Gasteiger partial charge >= 0.3 is 0 Å². The molecule has 0 aliphatic heterocycles. The molecule has 0 N–H and O–H groups in total. The lowest BCUT2D eigenvalue weighted by Gasteiger charge is -2.28. The molecular weight excluding hydrogens is 623 g/mol. The Hall–Kier alpha value is -6.22. The van der Waals surface area contributed by atoms with Gasteiger partial charge in [-0.1, -0.05) is 146 Å². The van der Waals surface area contributed by atoms with E-state index >= 15 is 0 Å². The summed E-state index contributed by atoms with van der Waals surface area (Å²) in [4.78, 5) is 2.45. The average molecular weight is 654 g/mol. The third kappa shape index (κ3) is 4.69. The van der Waals surface area contributed by atoms with Crippen LogP contribution in [-0.4, -0.2) is 0 Å². The molecule has 0 aliphatic rings. The van der Waals surface area contributed by atoms with Crippen molar-refractivity contribution in [1.29, 1.82) is 0 Å². The van der Waals surface area contributed by atoms with Crippen LogP contribution in [0.5, 0.6) is 0 Å². The SMILES string of the molecule is c1ccc(-c2ccc(N(c3cccc(-c4cccc5sc6ccccc6c45)c3)c3cc4c5ccccc5ccc4c4ccccc34)cc2)cc1. The number of fused-ring (bicyclic) bond motifs is 8. The van der Waals surface area contributed by atoms with Gasteiger partial charge in [0, 0.05) is 36.9 Å². The third-order valence-electron chi connectivity index (χ3n) is 10.0. The van der Waals surface area contributed by atoms with Crippen LogP contribution in [0.15, 0.2) is 188 Å². The van der Waals surface area contributed by atoms with E-state index in [9.17, 15) is 0 Å². The van der Waals surface area contributed by atoms with E-state index in [4.69, 9.17) is 0 Å². The summed E-state index contributed by atoms with van der Waals surface area (Å²) >= 11 is 1.87. The number of rotatable bonds is 5. The van der Waals surface area contributed by atoms with Crippen molar-refractivity contribution in [3.05, 3.63) is 188 Å². The molecule has 2 heteroatoms. The van der Waals surface area contributed by atoms with Gasteiger partial charge in [-0.15, -0.1) is 11.3 Å². The molecule has 234 valence electrons. The molecule has 1 aromatic heterocycles. The first-order valence-corrected chi connectivity index (χ1v) is 17.9. The minimum atomic E-state index is 1.12. The van der Waals surface area contributed by atoms with Gasteiger partial charge in [0.25, 0.3) is 0 Å². The zero-order valence-corrected chi connectivity index (χ0v) is 28.1. The van der Waals surface area contributed by atoms with Crippen molar-refractivity contribution in [2.75, 3.05) is 4.90 Å². The Balaban J connectivity index is 1.24. The molecule has 0 atom stereocenters. The number of nitrogens with zero attached hydrogens (tertiary/aromatic N) is 1. The number of thiophene rings is 1. The predicted molar refractivity (Wildman–Crippen MR) is 217 cm³/mol. The number of anilines is 3. The van der Waals surface area contributed by atoms with Gasteiger partial charge in [-0.25, -0.2) is 0 Å². The highest BCUT2D eigenvalue weighted by molar-refractivity contribution is 7.25. The van der Waals surface area contributed by atoms with Gasteiger partial charge in [0.05, 0.1) is 5.69 Å². The van der Waals surface area contributed by atoms with E-state index in [0.29, 0.717) is 0 Å². The molecular formula is C48H31NS. The van der Waals surface area contributed by atoms with Crippen LogP contribution in [0.25, 0.3) is 74.7 Å². The average Bonchev–Trinajstić information content (AvgIpc) is 3.58. The first-order valence-electron chi connectivity index (χ1n) is 17.1. The maximum absolute atomic E-state index is 2.45. The van der Waals surface area contributed by atoms with Crippen LogP contribution >= 0.6 is 11.3 Å². The van der Waals surface area contributed by atoms with E-state index in [-0.39, 0.29) is 0 Å². The Kier molecular flexibility index (Phi) is 6.75. The molecule has 0 unspecified atom stereocenters. The molecule has 10 rings (SSSR count). The van der Waals surface area contributed by atoms with Gasteiger partial charge in [0.1, 0.15) is 0 Å². The van der Waals surface area contributed by atoms with Gasteiger partial charge in [-0.05, 0) is 91.6 Å². The van der Waals surface area contributed by atoms with Gasteiger partial charge in [0.15, 0.2) is 0 Å². The Morgan fingerprint density at radius 1 is 0.340 bits per heavy atom. The summed E-state index contributed by atoms with van der Waals surface area (Å²) in [5, 5.41) is 10.2. The lowest BCUT2D eigenvalue weighted by molar-refractivity contribution is 1.30. The Labute approximate surface area is 294 Å². The molecule has 50 heavy (non-hydrogen) atoms. The molecule has 0 aliphatic carbocycles. The van der Waals surface area contributed by atoms with Crippen molar-refractivity contribution in [2.45, 2.75) is 0 Å². The lowest BCUT2D eigenvalue weighted by atomic mass is 9.94. The van der Waals surface area contributed by atoms with Crippen molar-refractivity contribution in [1.82, 2.24) is 0 Å². The predicted octanol–water partition coefficient (Wildman–Crippen LogP) is 14.3. The molecule has 0 spiro atoms. The highest BCUT2D eigenvalue weighted by Crippen LogP contribution is 2.46. The molecule has 0 fully saturated rings. The standard InChI is InChI=1S/C48H31NS/c1-2-12-32(13-3-1)33-24-27-36(28-25-33)49(45-31-44-38-17-5-4-14-34(38)26-29-41(44)40-18-6-7-19-42(40)45)37-16-10-15-35(30-37)39-21-11-23-47-48(39)43-20-8-9-22-46(43)50-47/h1-31H. The van der Waals surface area contributed by atoms with Crippen molar-refractivity contribution in [3.63, 3.8) is 0 Å². The number of benzene rings is 9. The zero-order chi connectivity index (χ0) is 33.0. The quantitative estimate of drug-likeness (QED) is 0.167. The van der Waals surface area contributed by atoms with E-state index in [2.05, 4.69) is 193 Å². The van der Waals surface area contributed by atoms with E-state index < -0.39 is 0 Å². The molecule has 0 saturated carbocycles. The molecule has 1 heterocycles. The fraction of sp³-hybridized carbons (Fsp3) is 0. The van der Waals surface area contributed by atoms with Crippen LogP contribution in [0.2, 0.25) is 0 Å². The summed E-state index contributed by atoms with van der Waals surface area (Å²) in [6, 6.07) is 68.8.